The van der Waals surface area contributed by atoms with Crippen LogP contribution in [0.15, 0.2) is 66.7 Å². The predicted molar refractivity (Wildman–Crippen MR) is 133 cm³/mol. The molecule has 2 atom stereocenters. The van der Waals surface area contributed by atoms with E-state index in [0.717, 1.165) is 56.2 Å². The molecule has 1 aliphatic carbocycles. The van der Waals surface area contributed by atoms with Crippen LogP contribution in [-0.4, -0.2) is 35.0 Å². The second-order valence-corrected chi connectivity index (χ2v) is 8.71. The highest BCUT2D eigenvalue weighted by atomic mass is 16.6. The molecule has 0 radical (unpaired) electrons. The third kappa shape index (κ3) is 5.48. The number of benzene rings is 3. The Morgan fingerprint density at radius 1 is 0.784 bits per heavy atom. The number of rotatable bonds is 7. The van der Waals surface area contributed by atoms with Crippen molar-refractivity contribution in [1.82, 2.24) is 0 Å². The van der Waals surface area contributed by atoms with Gasteiger partial charge in [-0.1, -0.05) is 36.8 Å². The van der Waals surface area contributed by atoms with Crippen LogP contribution in [0.3, 0.4) is 0 Å². The summed E-state index contributed by atoms with van der Waals surface area (Å²) in [6.07, 6.45) is 2.94. The van der Waals surface area contributed by atoms with E-state index in [0.29, 0.717) is 6.42 Å². The molecular weight excluding hydrogens is 480 g/mol. The van der Waals surface area contributed by atoms with Gasteiger partial charge in [0.1, 0.15) is 6.10 Å². The Kier molecular flexibility index (Phi) is 7.57. The molecular formula is C27H24N2O8. The third-order valence-corrected chi connectivity index (χ3v) is 6.53. The molecule has 0 amide bonds. The van der Waals surface area contributed by atoms with Gasteiger partial charge in [0, 0.05) is 41.3 Å². The predicted octanol–water partition coefficient (Wildman–Crippen LogP) is 5.84. The first-order chi connectivity index (χ1) is 17.8. The molecule has 0 aliphatic heterocycles. The summed E-state index contributed by atoms with van der Waals surface area (Å²) in [5.74, 6) is -1.56. The van der Waals surface area contributed by atoms with Crippen LogP contribution in [0, 0.1) is 20.2 Å². The standard InChI is InChI=1S/C27H24N2O8/c1-36-26(30)21-13-11-18(28(32)33)15-23(21)24-16-19(29(34)35)12-14-22(24)27(31)37-25-10-6-5-9-20(25)17-7-3-2-4-8-17/h2-4,7-8,11-16,20,25H,5-6,9-10H2,1H3/t20-,25+/m1/s1. The van der Waals surface area contributed by atoms with Gasteiger partial charge in [0.15, 0.2) is 0 Å². The van der Waals surface area contributed by atoms with Crippen molar-refractivity contribution in [2.75, 3.05) is 7.11 Å². The largest absolute Gasteiger partial charge is 0.465 e. The Labute approximate surface area is 212 Å². The number of hydrogen-bond acceptors (Lipinski definition) is 8. The first-order valence-electron chi connectivity index (χ1n) is 11.7. The fourth-order valence-electron chi connectivity index (χ4n) is 4.72. The minimum absolute atomic E-state index is 0.0103. The summed E-state index contributed by atoms with van der Waals surface area (Å²) in [4.78, 5) is 47.6. The molecule has 0 bridgehead atoms. The van der Waals surface area contributed by atoms with Crippen molar-refractivity contribution in [2.24, 2.45) is 0 Å². The molecule has 0 N–H and O–H groups in total. The number of methoxy groups -OCH3 is 1. The molecule has 0 saturated heterocycles. The highest BCUT2D eigenvalue weighted by Crippen LogP contribution is 2.38. The van der Waals surface area contributed by atoms with Crippen molar-refractivity contribution in [1.29, 1.82) is 0 Å². The quantitative estimate of drug-likeness (QED) is 0.222. The van der Waals surface area contributed by atoms with Gasteiger partial charge in [-0.05, 0) is 37.0 Å². The summed E-state index contributed by atoms with van der Waals surface area (Å²) < 4.78 is 10.8. The molecule has 3 aromatic carbocycles. The smallest absolute Gasteiger partial charge is 0.339 e. The van der Waals surface area contributed by atoms with Gasteiger partial charge < -0.3 is 9.47 Å². The zero-order valence-electron chi connectivity index (χ0n) is 20.0. The number of nitrogens with zero attached hydrogens (tertiary/aromatic N) is 2. The Bertz CT molecular complexity index is 1360. The summed E-state index contributed by atoms with van der Waals surface area (Å²) in [6, 6.07) is 16.7. The molecule has 1 fully saturated rings. The summed E-state index contributed by atoms with van der Waals surface area (Å²) in [5, 5.41) is 23.0. The van der Waals surface area contributed by atoms with E-state index in [9.17, 15) is 29.8 Å². The van der Waals surface area contributed by atoms with Crippen molar-refractivity contribution < 1.29 is 28.9 Å². The molecule has 1 aliphatic rings. The fraction of sp³-hybridized carbons (Fsp3) is 0.259. The number of carbonyl (C=O) groups excluding carboxylic acids is 2. The first kappa shape index (κ1) is 25.5. The van der Waals surface area contributed by atoms with Crippen LogP contribution < -0.4 is 0 Å². The minimum atomic E-state index is -0.813. The highest BCUT2D eigenvalue weighted by Gasteiger charge is 2.32. The van der Waals surface area contributed by atoms with Crippen molar-refractivity contribution in [3.05, 3.63) is 104 Å². The van der Waals surface area contributed by atoms with E-state index in [2.05, 4.69) is 0 Å². The number of esters is 2. The maximum absolute atomic E-state index is 13.5. The van der Waals surface area contributed by atoms with Gasteiger partial charge in [-0.2, -0.15) is 0 Å². The van der Waals surface area contributed by atoms with Crippen LogP contribution in [0.4, 0.5) is 11.4 Å². The van der Waals surface area contributed by atoms with E-state index in [1.165, 1.54) is 12.1 Å². The number of carbonyl (C=O) groups is 2. The monoisotopic (exact) mass is 504 g/mol. The highest BCUT2D eigenvalue weighted by molar-refractivity contribution is 6.04. The van der Waals surface area contributed by atoms with Crippen LogP contribution >= 0.6 is 0 Å². The third-order valence-electron chi connectivity index (χ3n) is 6.53. The molecule has 0 spiro atoms. The van der Waals surface area contributed by atoms with Crippen molar-refractivity contribution in [3.8, 4) is 11.1 Å². The average molecular weight is 504 g/mol. The van der Waals surface area contributed by atoms with E-state index < -0.39 is 27.9 Å². The number of hydrogen-bond donors (Lipinski definition) is 0. The zero-order valence-corrected chi connectivity index (χ0v) is 20.0. The van der Waals surface area contributed by atoms with E-state index in [4.69, 9.17) is 9.47 Å². The van der Waals surface area contributed by atoms with Gasteiger partial charge in [-0.15, -0.1) is 0 Å². The van der Waals surface area contributed by atoms with Crippen molar-refractivity contribution >= 4 is 23.3 Å². The van der Waals surface area contributed by atoms with Gasteiger partial charge in [0.2, 0.25) is 0 Å². The SMILES string of the molecule is COC(=O)c1ccc([N+](=O)[O-])cc1-c1cc([N+](=O)[O-])ccc1C(=O)O[C@H]1CCCC[C@@H]1c1ccccc1. The van der Waals surface area contributed by atoms with Crippen molar-refractivity contribution in [3.63, 3.8) is 0 Å². The van der Waals surface area contributed by atoms with Gasteiger partial charge in [0.25, 0.3) is 11.4 Å². The number of nitro groups is 2. The Morgan fingerprint density at radius 3 is 1.86 bits per heavy atom. The lowest BCUT2D eigenvalue weighted by Crippen LogP contribution is -2.29. The molecule has 0 aromatic heterocycles. The molecule has 10 heteroatoms. The van der Waals surface area contributed by atoms with Gasteiger partial charge in [-0.3, -0.25) is 20.2 Å². The normalized spacial score (nSPS) is 17.0. The van der Waals surface area contributed by atoms with Crippen LogP contribution in [-0.2, 0) is 9.47 Å². The summed E-state index contributed by atoms with van der Waals surface area (Å²) in [7, 11) is 1.14. The fourth-order valence-corrected chi connectivity index (χ4v) is 4.72. The molecule has 1 saturated carbocycles. The van der Waals surface area contributed by atoms with Crippen LogP contribution in [0.2, 0.25) is 0 Å². The summed E-state index contributed by atoms with van der Waals surface area (Å²) in [5.41, 5.74) is 0.139. The van der Waals surface area contributed by atoms with E-state index in [1.807, 2.05) is 30.3 Å². The molecule has 4 rings (SSSR count). The topological polar surface area (TPSA) is 139 Å². The van der Waals surface area contributed by atoms with Crippen molar-refractivity contribution in [2.45, 2.75) is 37.7 Å². The van der Waals surface area contributed by atoms with Gasteiger partial charge >= 0.3 is 11.9 Å². The first-order valence-corrected chi connectivity index (χ1v) is 11.7. The van der Waals surface area contributed by atoms with Crippen LogP contribution in [0.5, 0.6) is 0 Å². The van der Waals surface area contributed by atoms with Gasteiger partial charge in [0.05, 0.1) is 28.1 Å². The lowest BCUT2D eigenvalue weighted by Gasteiger charge is -2.31. The molecule has 0 unspecified atom stereocenters. The number of nitro benzene ring substituents is 2. The lowest BCUT2D eigenvalue weighted by atomic mass is 9.81. The molecule has 190 valence electrons. The molecule has 37 heavy (non-hydrogen) atoms. The van der Waals surface area contributed by atoms with Gasteiger partial charge in [-0.25, -0.2) is 9.59 Å². The van der Waals surface area contributed by atoms with Crippen LogP contribution in [0.25, 0.3) is 11.1 Å². The minimum Gasteiger partial charge on any atom is -0.465 e. The number of non-ortho nitro benzene ring substituents is 2. The Hall–Kier alpha value is -4.60. The number of ether oxygens (including phenoxy) is 2. The second-order valence-electron chi connectivity index (χ2n) is 8.71. The lowest BCUT2D eigenvalue weighted by molar-refractivity contribution is -0.385. The van der Waals surface area contributed by atoms with Crippen LogP contribution in [0.1, 0.15) is 57.9 Å². The second kappa shape index (κ2) is 11.0. The maximum Gasteiger partial charge on any atom is 0.339 e. The zero-order chi connectivity index (χ0) is 26.5. The summed E-state index contributed by atoms with van der Waals surface area (Å²) in [6.45, 7) is 0. The Morgan fingerprint density at radius 2 is 1.32 bits per heavy atom. The summed E-state index contributed by atoms with van der Waals surface area (Å²) >= 11 is 0. The Balaban J connectivity index is 1.79. The average Bonchev–Trinajstić information content (AvgIpc) is 2.92. The molecule has 3 aromatic rings. The maximum atomic E-state index is 13.5. The molecule has 10 nitrogen and oxygen atoms in total. The van der Waals surface area contributed by atoms with E-state index in [1.54, 1.807) is 0 Å². The molecule has 0 heterocycles. The van der Waals surface area contributed by atoms with E-state index in [-0.39, 0.29) is 39.5 Å². The van der Waals surface area contributed by atoms with E-state index >= 15 is 0 Å².